The number of nitrogens with one attached hydrogen (secondary N) is 1. The quantitative estimate of drug-likeness (QED) is 0.696. The van der Waals surface area contributed by atoms with Crippen molar-refractivity contribution in [2.45, 2.75) is 25.7 Å². The highest BCUT2D eigenvalue weighted by molar-refractivity contribution is 5.79. The summed E-state index contributed by atoms with van der Waals surface area (Å²) in [7, 11) is 1.64. The molecule has 0 aliphatic carbocycles. The molecule has 1 aliphatic heterocycles. The Morgan fingerprint density at radius 1 is 1.38 bits per heavy atom. The van der Waals surface area contributed by atoms with E-state index in [4.69, 9.17) is 5.11 Å². The van der Waals surface area contributed by atoms with E-state index in [0.29, 0.717) is 25.9 Å². The van der Waals surface area contributed by atoms with Gasteiger partial charge >= 0.3 is 0 Å². The van der Waals surface area contributed by atoms with Crippen LogP contribution in [-0.2, 0) is 9.59 Å². The highest BCUT2D eigenvalue weighted by Gasteiger charge is 2.26. The van der Waals surface area contributed by atoms with Crippen LogP contribution >= 0.6 is 0 Å². The number of carbonyl (C=O) groups excluding carboxylic acids is 2. The average molecular weight is 228 g/mol. The topological polar surface area (TPSA) is 69.6 Å². The molecule has 0 spiro atoms. The molecule has 1 aliphatic rings. The first-order valence-electron chi connectivity index (χ1n) is 5.79. The standard InChI is InChI=1S/C11H20N2O3/c1-12-11(16)9-4-6-13(7-5-9)10(15)3-2-8-14/h9,14H,2-8H2,1H3,(H,12,16). The number of amides is 2. The van der Waals surface area contributed by atoms with Crippen molar-refractivity contribution in [3.05, 3.63) is 0 Å². The lowest BCUT2D eigenvalue weighted by Crippen LogP contribution is -2.42. The molecule has 0 saturated carbocycles. The number of rotatable bonds is 4. The van der Waals surface area contributed by atoms with Crippen molar-refractivity contribution in [2.24, 2.45) is 5.92 Å². The van der Waals surface area contributed by atoms with Gasteiger partial charge in [0.25, 0.3) is 0 Å². The van der Waals surface area contributed by atoms with E-state index in [1.807, 2.05) is 0 Å². The molecule has 16 heavy (non-hydrogen) atoms. The van der Waals surface area contributed by atoms with Crippen LogP contribution in [0.1, 0.15) is 25.7 Å². The van der Waals surface area contributed by atoms with Crippen LogP contribution in [0.5, 0.6) is 0 Å². The van der Waals surface area contributed by atoms with E-state index in [9.17, 15) is 9.59 Å². The number of aliphatic hydroxyl groups is 1. The van der Waals surface area contributed by atoms with E-state index in [1.165, 1.54) is 0 Å². The minimum absolute atomic E-state index is 0.0480. The van der Waals surface area contributed by atoms with Crippen molar-refractivity contribution in [3.8, 4) is 0 Å². The maximum absolute atomic E-state index is 11.6. The molecule has 0 bridgehead atoms. The largest absolute Gasteiger partial charge is 0.396 e. The molecule has 92 valence electrons. The minimum atomic E-state index is 0.0480. The smallest absolute Gasteiger partial charge is 0.222 e. The second-order valence-corrected chi connectivity index (χ2v) is 4.10. The van der Waals surface area contributed by atoms with Gasteiger partial charge in [-0.15, -0.1) is 0 Å². The Balaban J connectivity index is 2.31. The zero-order valence-electron chi connectivity index (χ0n) is 9.74. The second-order valence-electron chi connectivity index (χ2n) is 4.10. The summed E-state index contributed by atoms with van der Waals surface area (Å²) >= 11 is 0. The molecule has 0 radical (unpaired) electrons. The maximum Gasteiger partial charge on any atom is 0.222 e. The molecule has 5 nitrogen and oxygen atoms in total. The lowest BCUT2D eigenvalue weighted by Gasteiger charge is -2.31. The van der Waals surface area contributed by atoms with E-state index >= 15 is 0 Å². The van der Waals surface area contributed by atoms with Crippen molar-refractivity contribution in [2.75, 3.05) is 26.7 Å². The van der Waals surface area contributed by atoms with Crippen LogP contribution in [0, 0.1) is 5.92 Å². The first-order valence-corrected chi connectivity index (χ1v) is 5.79. The van der Waals surface area contributed by atoms with Gasteiger partial charge < -0.3 is 15.3 Å². The van der Waals surface area contributed by atoms with Gasteiger partial charge in [-0.2, -0.15) is 0 Å². The fourth-order valence-corrected chi connectivity index (χ4v) is 1.98. The molecule has 0 aromatic rings. The van der Waals surface area contributed by atoms with Crippen LogP contribution in [0.15, 0.2) is 0 Å². The molecule has 1 heterocycles. The van der Waals surface area contributed by atoms with E-state index in [0.717, 1.165) is 12.8 Å². The van der Waals surface area contributed by atoms with Gasteiger partial charge in [-0.3, -0.25) is 9.59 Å². The molecule has 0 aromatic carbocycles. The number of hydrogen-bond acceptors (Lipinski definition) is 3. The number of piperidine rings is 1. The van der Waals surface area contributed by atoms with Gasteiger partial charge in [0.15, 0.2) is 0 Å². The normalized spacial score (nSPS) is 17.2. The molecule has 1 fully saturated rings. The molecule has 5 heteroatoms. The fraction of sp³-hybridized carbons (Fsp3) is 0.818. The van der Waals surface area contributed by atoms with Crippen LogP contribution in [0.4, 0.5) is 0 Å². The number of likely N-dealkylation sites (tertiary alicyclic amines) is 1. The third-order valence-corrected chi connectivity index (χ3v) is 3.01. The Labute approximate surface area is 95.8 Å². The Kier molecular flexibility index (Phi) is 5.25. The zero-order valence-corrected chi connectivity index (χ0v) is 9.74. The van der Waals surface area contributed by atoms with Gasteiger partial charge in [-0.05, 0) is 19.3 Å². The highest BCUT2D eigenvalue weighted by Crippen LogP contribution is 2.17. The van der Waals surface area contributed by atoms with E-state index in [2.05, 4.69) is 5.32 Å². The number of nitrogens with zero attached hydrogens (tertiary/aromatic N) is 1. The zero-order chi connectivity index (χ0) is 12.0. The van der Waals surface area contributed by atoms with Gasteiger partial charge in [0.05, 0.1) is 0 Å². The molecular weight excluding hydrogens is 208 g/mol. The average Bonchev–Trinajstić information content (AvgIpc) is 2.35. The Morgan fingerprint density at radius 3 is 2.50 bits per heavy atom. The summed E-state index contributed by atoms with van der Waals surface area (Å²) in [5, 5.41) is 11.3. The van der Waals surface area contributed by atoms with E-state index in [1.54, 1.807) is 11.9 Å². The van der Waals surface area contributed by atoms with Gasteiger partial charge in [0.1, 0.15) is 0 Å². The van der Waals surface area contributed by atoms with Crippen molar-refractivity contribution >= 4 is 11.8 Å². The summed E-state index contributed by atoms with van der Waals surface area (Å²) in [6.07, 6.45) is 2.41. The first-order chi connectivity index (χ1) is 7.69. The molecule has 1 saturated heterocycles. The molecular formula is C11H20N2O3. The van der Waals surface area contributed by atoms with Crippen molar-refractivity contribution in [1.29, 1.82) is 0 Å². The Bertz CT molecular complexity index is 248. The molecule has 0 atom stereocenters. The molecule has 0 aromatic heterocycles. The van der Waals surface area contributed by atoms with E-state index < -0.39 is 0 Å². The molecule has 2 N–H and O–H groups in total. The number of hydrogen-bond donors (Lipinski definition) is 2. The Morgan fingerprint density at radius 2 is 2.00 bits per heavy atom. The molecule has 1 rings (SSSR count). The SMILES string of the molecule is CNC(=O)C1CCN(C(=O)CCCO)CC1. The number of carbonyl (C=O) groups is 2. The molecule has 2 amide bonds. The second kappa shape index (κ2) is 6.48. The van der Waals surface area contributed by atoms with E-state index in [-0.39, 0.29) is 24.3 Å². The predicted molar refractivity (Wildman–Crippen MR) is 59.7 cm³/mol. The summed E-state index contributed by atoms with van der Waals surface area (Å²) in [6, 6.07) is 0. The number of aliphatic hydroxyl groups excluding tert-OH is 1. The summed E-state index contributed by atoms with van der Waals surface area (Å²) in [5.74, 6) is 0.207. The third kappa shape index (κ3) is 3.48. The highest BCUT2D eigenvalue weighted by atomic mass is 16.3. The van der Waals surface area contributed by atoms with Crippen molar-refractivity contribution in [3.63, 3.8) is 0 Å². The maximum atomic E-state index is 11.6. The predicted octanol–water partition coefficient (Wildman–Crippen LogP) is -0.257. The fourth-order valence-electron chi connectivity index (χ4n) is 1.98. The van der Waals surface area contributed by atoms with Gasteiger partial charge in [-0.25, -0.2) is 0 Å². The summed E-state index contributed by atoms with van der Waals surface area (Å²) < 4.78 is 0. The Hall–Kier alpha value is -1.10. The van der Waals surface area contributed by atoms with Gasteiger partial charge in [0.2, 0.25) is 11.8 Å². The van der Waals surface area contributed by atoms with Crippen molar-refractivity contribution in [1.82, 2.24) is 10.2 Å². The summed E-state index contributed by atoms with van der Waals surface area (Å²) in [4.78, 5) is 24.8. The molecule has 0 unspecified atom stereocenters. The van der Waals surface area contributed by atoms with Gasteiger partial charge in [0, 0.05) is 39.1 Å². The summed E-state index contributed by atoms with van der Waals surface area (Å²) in [5.41, 5.74) is 0. The van der Waals surface area contributed by atoms with Crippen LogP contribution in [0.25, 0.3) is 0 Å². The van der Waals surface area contributed by atoms with Crippen LogP contribution in [0.2, 0.25) is 0 Å². The van der Waals surface area contributed by atoms with Crippen molar-refractivity contribution < 1.29 is 14.7 Å². The first kappa shape index (κ1) is 13.0. The van der Waals surface area contributed by atoms with Crippen LogP contribution in [-0.4, -0.2) is 48.6 Å². The minimum Gasteiger partial charge on any atom is -0.396 e. The lowest BCUT2D eigenvalue weighted by molar-refractivity contribution is -0.135. The van der Waals surface area contributed by atoms with Gasteiger partial charge in [-0.1, -0.05) is 0 Å². The lowest BCUT2D eigenvalue weighted by atomic mass is 9.96. The third-order valence-electron chi connectivity index (χ3n) is 3.01. The van der Waals surface area contributed by atoms with Crippen LogP contribution in [0.3, 0.4) is 0 Å². The summed E-state index contributed by atoms with van der Waals surface area (Å²) in [6.45, 7) is 1.37. The van der Waals surface area contributed by atoms with Crippen LogP contribution < -0.4 is 5.32 Å². The monoisotopic (exact) mass is 228 g/mol.